The summed E-state index contributed by atoms with van der Waals surface area (Å²) in [5.74, 6) is -0.130. The lowest BCUT2D eigenvalue weighted by Crippen LogP contribution is -2.44. The van der Waals surface area contributed by atoms with E-state index in [0.717, 1.165) is 22.6 Å². The number of nitrogens with zero attached hydrogens (tertiary/aromatic N) is 4. The Kier molecular flexibility index (Phi) is 6.19. The minimum absolute atomic E-state index is 0.0397. The van der Waals surface area contributed by atoms with Gasteiger partial charge in [0.2, 0.25) is 0 Å². The topological polar surface area (TPSA) is 99.0 Å². The first-order valence-electron chi connectivity index (χ1n) is 12.9. The Labute approximate surface area is 224 Å². The summed E-state index contributed by atoms with van der Waals surface area (Å²) in [6.45, 7) is 8.28. The van der Waals surface area contributed by atoms with Crippen molar-refractivity contribution in [1.82, 2.24) is 24.3 Å². The zero-order valence-electron chi connectivity index (χ0n) is 22.1. The van der Waals surface area contributed by atoms with Gasteiger partial charge in [0.25, 0.3) is 0 Å². The standard InChI is InChI=1S/C29H29FN6O3/c1-16(2)35-26-24(12-13-31-28(26)33-29(35)37)39-23-11-10-19(14-21(23)30)32-22-15-38-27(22)25-17(3)34-36(18(25)4)20-8-6-5-7-9-20/h5-14,16,22,27,32H,15H2,1-4H3,(H,31,33,37). The summed E-state index contributed by atoms with van der Waals surface area (Å²) in [4.78, 5) is 19.3. The number of aromatic amines is 1. The Morgan fingerprint density at radius 3 is 2.62 bits per heavy atom. The summed E-state index contributed by atoms with van der Waals surface area (Å²) in [5.41, 5.74) is 5.15. The average molecular weight is 529 g/mol. The largest absolute Gasteiger partial charge is 0.452 e. The van der Waals surface area contributed by atoms with E-state index >= 15 is 4.39 Å². The van der Waals surface area contributed by atoms with Crippen LogP contribution in [0.4, 0.5) is 10.1 Å². The minimum Gasteiger partial charge on any atom is -0.452 e. The van der Waals surface area contributed by atoms with Crippen molar-refractivity contribution in [3.8, 4) is 17.2 Å². The Bertz CT molecular complexity index is 1720. The van der Waals surface area contributed by atoms with Gasteiger partial charge in [-0.05, 0) is 52.0 Å². The zero-order chi connectivity index (χ0) is 27.3. The molecule has 0 spiro atoms. The molecular formula is C29H29FN6O3. The number of ether oxygens (including phenoxy) is 2. The highest BCUT2D eigenvalue weighted by Gasteiger charge is 2.37. The summed E-state index contributed by atoms with van der Waals surface area (Å²) in [6, 6.07) is 16.2. The molecule has 0 amide bonds. The number of hydrogen-bond donors (Lipinski definition) is 2. The summed E-state index contributed by atoms with van der Waals surface area (Å²) >= 11 is 0. The number of H-pyrrole nitrogens is 1. The van der Waals surface area contributed by atoms with Crippen LogP contribution in [-0.4, -0.2) is 37.0 Å². The number of nitrogens with one attached hydrogen (secondary N) is 2. The van der Waals surface area contributed by atoms with E-state index in [1.54, 1.807) is 22.8 Å². The van der Waals surface area contributed by atoms with Gasteiger partial charge in [-0.3, -0.25) is 9.55 Å². The molecule has 1 aliphatic rings. The number of anilines is 1. The summed E-state index contributed by atoms with van der Waals surface area (Å²) in [6.07, 6.45) is 1.32. The fraction of sp³-hybridized carbons (Fsp3) is 0.276. The average Bonchev–Trinajstić information content (AvgIpc) is 3.40. The van der Waals surface area contributed by atoms with E-state index in [1.165, 1.54) is 12.3 Å². The Balaban J connectivity index is 1.22. The number of benzene rings is 2. The third-order valence-electron chi connectivity index (χ3n) is 7.05. The molecule has 4 heterocycles. The molecule has 200 valence electrons. The number of para-hydroxylation sites is 1. The van der Waals surface area contributed by atoms with Crippen molar-refractivity contribution in [2.24, 2.45) is 0 Å². The van der Waals surface area contributed by atoms with Gasteiger partial charge in [-0.2, -0.15) is 5.10 Å². The van der Waals surface area contributed by atoms with Crippen LogP contribution >= 0.6 is 0 Å². The minimum atomic E-state index is -0.528. The molecular weight excluding hydrogens is 499 g/mol. The number of imidazole rings is 1. The lowest BCUT2D eigenvalue weighted by atomic mass is 9.96. The fourth-order valence-electron chi connectivity index (χ4n) is 5.18. The Morgan fingerprint density at radius 1 is 1.13 bits per heavy atom. The van der Waals surface area contributed by atoms with Crippen molar-refractivity contribution in [2.45, 2.75) is 45.9 Å². The number of halogens is 1. The van der Waals surface area contributed by atoms with E-state index in [9.17, 15) is 4.79 Å². The Hall–Kier alpha value is -4.44. The molecule has 39 heavy (non-hydrogen) atoms. The summed E-state index contributed by atoms with van der Waals surface area (Å²) in [5, 5.41) is 8.14. The fourth-order valence-corrected chi connectivity index (χ4v) is 5.18. The van der Waals surface area contributed by atoms with Crippen molar-refractivity contribution < 1.29 is 13.9 Å². The van der Waals surface area contributed by atoms with E-state index in [4.69, 9.17) is 14.6 Å². The molecule has 1 saturated heterocycles. The lowest BCUT2D eigenvalue weighted by molar-refractivity contribution is -0.0675. The first-order chi connectivity index (χ1) is 18.8. The van der Waals surface area contributed by atoms with Crippen molar-refractivity contribution in [1.29, 1.82) is 0 Å². The SMILES string of the molecule is Cc1nn(-c2ccccc2)c(C)c1C1OCC1Nc1ccc(Oc2ccnc3[nH]c(=O)n(C(C)C)c23)c(F)c1. The van der Waals surface area contributed by atoms with E-state index in [2.05, 4.69) is 15.3 Å². The van der Waals surface area contributed by atoms with Crippen LogP contribution in [0, 0.1) is 19.7 Å². The van der Waals surface area contributed by atoms with Crippen molar-refractivity contribution in [3.63, 3.8) is 0 Å². The van der Waals surface area contributed by atoms with Gasteiger partial charge in [0.15, 0.2) is 23.0 Å². The molecule has 2 unspecified atom stereocenters. The highest BCUT2D eigenvalue weighted by atomic mass is 19.1. The molecule has 6 rings (SSSR count). The number of pyridine rings is 1. The second-order valence-electron chi connectivity index (χ2n) is 9.98. The molecule has 0 radical (unpaired) electrons. The van der Waals surface area contributed by atoms with E-state index < -0.39 is 5.82 Å². The number of aromatic nitrogens is 5. The number of fused-ring (bicyclic) bond motifs is 1. The highest BCUT2D eigenvalue weighted by molar-refractivity contribution is 5.78. The summed E-state index contributed by atoms with van der Waals surface area (Å²) in [7, 11) is 0. The van der Waals surface area contributed by atoms with Crippen LogP contribution in [0.5, 0.6) is 11.5 Å². The quantitative estimate of drug-likeness (QED) is 0.286. The molecule has 0 saturated carbocycles. The Morgan fingerprint density at radius 2 is 1.92 bits per heavy atom. The first kappa shape index (κ1) is 24.9. The highest BCUT2D eigenvalue weighted by Crippen LogP contribution is 2.38. The van der Waals surface area contributed by atoms with E-state index in [1.807, 2.05) is 62.7 Å². The molecule has 9 nitrogen and oxygen atoms in total. The van der Waals surface area contributed by atoms with Gasteiger partial charge in [0.1, 0.15) is 11.6 Å². The molecule has 0 bridgehead atoms. The molecule has 2 N–H and O–H groups in total. The molecule has 5 aromatic rings. The normalized spacial score (nSPS) is 17.0. The number of aryl methyl sites for hydroxylation is 1. The molecule has 3 aromatic heterocycles. The molecule has 1 aliphatic heterocycles. The van der Waals surface area contributed by atoms with E-state index in [-0.39, 0.29) is 29.6 Å². The van der Waals surface area contributed by atoms with Gasteiger partial charge in [-0.25, -0.2) is 18.9 Å². The van der Waals surface area contributed by atoms with Gasteiger partial charge >= 0.3 is 5.69 Å². The van der Waals surface area contributed by atoms with Crippen LogP contribution < -0.4 is 15.7 Å². The molecule has 0 aliphatic carbocycles. The van der Waals surface area contributed by atoms with Crippen molar-refractivity contribution in [3.05, 3.63) is 94.0 Å². The zero-order valence-corrected chi connectivity index (χ0v) is 22.1. The number of rotatable bonds is 7. The van der Waals surface area contributed by atoms with Gasteiger partial charge in [0, 0.05) is 41.3 Å². The third-order valence-corrected chi connectivity index (χ3v) is 7.05. The van der Waals surface area contributed by atoms with Crippen molar-refractivity contribution in [2.75, 3.05) is 11.9 Å². The second kappa shape index (κ2) is 9.70. The maximum absolute atomic E-state index is 15.2. The van der Waals surface area contributed by atoms with Crippen LogP contribution in [0.2, 0.25) is 0 Å². The lowest BCUT2D eigenvalue weighted by Gasteiger charge is -2.38. The number of hydrogen-bond acceptors (Lipinski definition) is 6. The van der Waals surface area contributed by atoms with Crippen LogP contribution in [0.1, 0.15) is 42.9 Å². The van der Waals surface area contributed by atoms with Gasteiger partial charge in [-0.1, -0.05) is 18.2 Å². The summed E-state index contributed by atoms with van der Waals surface area (Å²) < 4.78 is 30.6. The van der Waals surface area contributed by atoms with Crippen molar-refractivity contribution >= 4 is 16.9 Å². The molecule has 2 atom stereocenters. The molecule has 1 fully saturated rings. The maximum atomic E-state index is 15.2. The molecule has 2 aromatic carbocycles. The van der Waals surface area contributed by atoms with Crippen LogP contribution in [-0.2, 0) is 4.74 Å². The monoisotopic (exact) mass is 528 g/mol. The van der Waals surface area contributed by atoms with Crippen LogP contribution in [0.15, 0.2) is 65.6 Å². The predicted octanol–water partition coefficient (Wildman–Crippen LogP) is 5.59. The predicted molar refractivity (Wildman–Crippen MR) is 146 cm³/mol. The van der Waals surface area contributed by atoms with Gasteiger partial charge < -0.3 is 14.8 Å². The smallest absolute Gasteiger partial charge is 0.328 e. The van der Waals surface area contributed by atoms with Gasteiger partial charge in [0.05, 0.1) is 24.0 Å². The maximum Gasteiger partial charge on any atom is 0.328 e. The van der Waals surface area contributed by atoms with Gasteiger partial charge in [-0.15, -0.1) is 0 Å². The van der Waals surface area contributed by atoms with Crippen LogP contribution in [0.25, 0.3) is 16.9 Å². The van der Waals surface area contributed by atoms with E-state index in [0.29, 0.717) is 29.2 Å². The second-order valence-corrected chi connectivity index (χ2v) is 9.98. The first-order valence-corrected chi connectivity index (χ1v) is 12.9. The third kappa shape index (κ3) is 4.36. The van der Waals surface area contributed by atoms with Crippen LogP contribution in [0.3, 0.4) is 0 Å². The molecule has 10 heteroatoms.